The molecule has 1 aromatic rings. The second-order valence-corrected chi connectivity index (χ2v) is 8.99. The Morgan fingerprint density at radius 1 is 1.00 bits per heavy atom. The molecular weight excluding hydrogens is 362 g/mol. The minimum absolute atomic E-state index is 0.547. The Morgan fingerprint density at radius 3 is 2.62 bits per heavy atom. The predicted molar refractivity (Wildman–Crippen MR) is 117 cm³/mol. The first-order valence-electron chi connectivity index (χ1n) is 12.0. The number of guanidine groups is 1. The average molecular weight is 402 g/mol. The number of rotatable bonds is 6. The number of hydrogen-bond acceptors (Lipinski definition) is 4. The zero-order chi connectivity index (χ0) is 19.9. The normalized spacial score (nSPS) is 22.4. The van der Waals surface area contributed by atoms with E-state index < -0.39 is 0 Å². The fourth-order valence-electron chi connectivity index (χ4n) is 5.25. The molecule has 0 unspecified atom stereocenters. The first-order valence-corrected chi connectivity index (χ1v) is 12.0. The largest absolute Gasteiger partial charge is 0.356 e. The summed E-state index contributed by atoms with van der Waals surface area (Å²) < 4.78 is 2.36. The summed E-state index contributed by atoms with van der Waals surface area (Å²) in [6.07, 6.45) is 15.1. The van der Waals surface area contributed by atoms with Crippen molar-refractivity contribution in [1.82, 2.24) is 30.3 Å². The number of nitrogens with one attached hydrogen (secondary N) is 2. The highest BCUT2D eigenvalue weighted by molar-refractivity contribution is 5.79. The van der Waals surface area contributed by atoms with Crippen molar-refractivity contribution < 1.29 is 0 Å². The monoisotopic (exact) mass is 401 g/mol. The van der Waals surface area contributed by atoms with Gasteiger partial charge in [-0.2, -0.15) is 0 Å². The highest BCUT2D eigenvalue weighted by Gasteiger charge is 2.27. The van der Waals surface area contributed by atoms with Gasteiger partial charge in [0.15, 0.2) is 5.96 Å². The van der Waals surface area contributed by atoms with E-state index in [9.17, 15) is 0 Å². The molecule has 1 aliphatic carbocycles. The topological polar surface area (TPSA) is 70.4 Å². The molecule has 7 heteroatoms. The molecule has 2 aliphatic heterocycles. The number of aryl methyl sites for hydroxylation is 2. The lowest BCUT2D eigenvalue weighted by molar-refractivity contribution is 0.150. The van der Waals surface area contributed by atoms with Crippen LogP contribution in [0.3, 0.4) is 0 Å². The zero-order valence-electron chi connectivity index (χ0n) is 18.2. The van der Waals surface area contributed by atoms with Gasteiger partial charge < -0.3 is 20.1 Å². The van der Waals surface area contributed by atoms with Crippen molar-refractivity contribution in [2.75, 3.05) is 26.7 Å². The number of aromatic nitrogens is 3. The number of fused-ring (bicyclic) bond motifs is 1. The molecule has 3 aliphatic rings. The van der Waals surface area contributed by atoms with E-state index >= 15 is 0 Å². The summed E-state index contributed by atoms with van der Waals surface area (Å²) in [6, 6.07) is 1.41. The van der Waals surface area contributed by atoms with E-state index in [0.717, 1.165) is 50.2 Å². The van der Waals surface area contributed by atoms with Gasteiger partial charge in [0.05, 0.1) is 0 Å². The van der Waals surface area contributed by atoms with Crippen LogP contribution in [-0.2, 0) is 19.4 Å². The number of hydrogen-bond donors (Lipinski definition) is 2. The van der Waals surface area contributed by atoms with Crippen LogP contribution in [0.15, 0.2) is 4.99 Å². The van der Waals surface area contributed by atoms with E-state index in [4.69, 9.17) is 0 Å². The summed E-state index contributed by atoms with van der Waals surface area (Å²) in [4.78, 5) is 7.17. The second kappa shape index (κ2) is 10.4. The van der Waals surface area contributed by atoms with Crippen LogP contribution in [-0.4, -0.2) is 64.4 Å². The second-order valence-electron chi connectivity index (χ2n) is 8.99. The Morgan fingerprint density at radius 2 is 1.83 bits per heavy atom. The first kappa shape index (κ1) is 20.6. The lowest BCUT2D eigenvalue weighted by Crippen LogP contribution is -2.50. The molecule has 162 valence electrons. The summed E-state index contributed by atoms with van der Waals surface area (Å²) in [7, 11) is 1.88. The van der Waals surface area contributed by atoms with E-state index in [-0.39, 0.29) is 0 Å². The molecule has 7 nitrogen and oxygen atoms in total. The predicted octanol–water partition coefficient (Wildman–Crippen LogP) is 2.51. The average Bonchev–Trinajstić information content (AvgIpc) is 3.36. The van der Waals surface area contributed by atoms with Gasteiger partial charge in [-0.1, -0.05) is 19.3 Å². The van der Waals surface area contributed by atoms with Crippen molar-refractivity contribution in [3.63, 3.8) is 0 Å². The van der Waals surface area contributed by atoms with Crippen molar-refractivity contribution in [2.45, 2.75) is 95.7 Å². The number of piperidine rings is 1. The molecule has 0 spiro atoms. The third-order valence-electron chi connectivity index (χ3n) is 6.99. The maximum absolute atomic E-state index is 4.44. The maximum atomic E-state index is 4.44. The van der Waals surface area contributed by atoms with E-state index in [1.807, 2.05) is 7.05 Å². The minimum atomic E-state index is 0.547. The number of aliphatic imine (C=N–C) groups is 1. The van der Waals surface area contributed by atoms with Crippen LogP contribution in [0.1, 0.15) is 75.9 Å². The molecule has 2 N–H and O–H groups in total. The van der Waals surface area contributed by atoms with E-state index in [1.54, 1.807) is 0 Å². The van der Waals surface area contributed by atoms with E-state index in [2.05, 4.69) is 35.3 Å². The highest BCUT2D eigenvalue weighted by atomic mass is 15.3. The van der Waals surface area contributed by atoms with Gasteiger partial charge in [-0.3, -0.25) is 4.99 Å². The van der Waals surface area contributed by atoms with Crippen LogP contribution in [0.2, 0.25) is 0 Å². The fourth-order valence-corrected chi connectivity index (χ4v) is 5.25. The first-order chi connectivity index (χ1) is 14.3. The van der Waals surface area contributed by atoms with Crippen molar-refractivity contribution in [2.24, 2.45) is 4.99 Å². The molecule has 29 heavy (non-hydrogen) atoms. The Kier molecular flexibility index (Phi) is 7.41. The molecule has 0 bridgehead atoms. The Balaban J connectivity index is 1.15. The van der Waals surface area contributed by atoms with Crippen LogP contribution >= 0.6 is 0 Å². The summed E-state index contributed by atoms with van der Waals surface area (Å²) in [5, 5.41) is 16.0. The standard InChI is InChI=1S/C22H39N7/c1-23-22(25-18-12-16-28(17-13-18)19-8-4-5-9-19)24-14-7-11-21-27-26-20-10-3-2-6-15-29(20)21/h18-19H,2-17H2,1H3,(H2,23,24,25). The zero-order valence-corrected chi connectivity index (χ0v) is 18.2. The molecule has 1 saturated heterocycles. The third kappa shape index (κ3) is 5.50. The van der Waals surface area contributed by atoms with Gasteiger partial charge in [-0.25, -0.2) is 0 Å². The lowest BCUT2D eigenvalue weighted by atomic mass is 10.0. The molecule has 3 heterocycles. The van der Waals surface area contributed by atoms with Crippen LogP contribution in [0.25, 0.3) is 0 Å². The van der Waals surface area contributed by atoms with Gasteiger partial charge in [0, 0.05) is 58.2 Å². The van der Waals surface area contributed by atoms with Gasteiger partial charge in [0.2, 0.25) is 0 Å². The van der Waals surface area contributed by atoms with Gasteiger partial charge in [-0.15, -0.1) is 10.2 Å². The quantitative estimate of drug-likeness (QED) is 0.435. The number of likely N-dealkylation sites (tertiary alicyclic amines) is 1. The van der Waals surface area contributed by atoms with E-state index in [0.29, 0.717) is 6.04 Å². The fraction of sp³-hybridized carbons (Fsp3) is 0.864. The summed E-state index contributed by atoms with van der Waals surface area (Å²) in [5.74, 6) is 3.29. The molecule has 2 fully saturated rings. The Labute approximate surface area is 175 Å². The molecule has 0 aromatic carbocycles. The third-order valence-corrected chi connectivity index (χ3v) is 6.99. The van der Waals surface area contributed by atoms with Gasteiger partial charge in [0.25, 0.3) is 0 Å². The van der Waals surface area contributed by atoms with Crippen LogP contribution in [0.5, 0.6) is 0 Å². The summed E-state index contributed by atoms with van der Waals surface area (Å²) in [5.41, 5.74) is 0. The maximum Gasteiger partial charge on any atom is 0.191 e. The molecule has 0 atom stereocenters. The SMILES string of the molecule is CN=C(NCCCc1nnc2n1CCCCC2)NC1CCN(C2CCCC2)CC1. The van der Waals surface area contributed by atoms with Gasteiger partial charge in [0.1, 0.15) is 11.6 Å². The molecule has 0 amide bonds. The van der Waals surface area contributed by atoms with Crippen LogP contribution in [0, 0.1) is 0 Å². The van der Waals surface area contributed by atoms with Crippen molar-refractivity contribution in [3.05, 3.63) is 11.6 Å². The van der Waals surface area contributed by atoms with Gasteiger partial charge >= 0.3 is 0 Å². The lowest BCUT2D eigenvalue weighted by Gasteiger charge is -2.36. The van der Waals surface area contributed by atoms with E-state index in [1.165, 1.54) is 76.7 Å². The molecule has 0 radical (unpaired) electrons. The van der Waals surface area contributed by atoms with Crippen molar-refractivity contribution in [1.29, 1.82) is 0 Å². The molecule has 1 aromatic heterocycles. The van der Waals surface area contributed by atoms with Crippen molar-refractivity contribution >= 4 is 5.96 Å². The van der Waals surface area contributed by atoms with Crippen molar-refractivity contribution in [3.8, 4) is 0 Å². The van der Waals surface area contributed by atoms with Gasteiger partial charge in [-0.05, 0) is 44.9 Å². The Bertz CT molecular complexity index is 654. The van der Waals surface area contributed by atoms with Crippen LogP contribution in [0.4, 0.5) is 0 Å². The summed E-state index contributed by atoms with van der Waals surface area (Å²) >= 11 is 0. The summed E-state index contributed by atoms with van der Waals surface area (Å²) in [6.45, 7) is 4.48. The molecular formula is C22H39N7. The molecule has 1 saturated carbocycles. The highest BCUT2D eigenvalue weighted by Crippen LogP contribution is 2.26. The Hall–Kier alpha value is -1.63. The number of nitrogens with zero attached hydrogens (tertiary/aromatic N) is 5. The van der Waals surface area contributed by atoms with Crippen LogP contribution < -0.4 is 10.6 Å². The minimum Gasteiger partial charge on any atom is -0.356 e. The smallest absolute Gasteiger partial charge is 0.191 e. The molecule has 4 rings (SSSR count).